The second-order valence-corrected chi connectivity index (χ2v) is 7.95. The van der Waals surface area contributed by atoms with Crippen LogP contribution in [0.5, 0.6) is 5.75 Å². The van der Waals surface area contributed by atoms with Crippen molar-refractivity contribution < 1.29 is 30.9 Å². The van der Waals surface area contributed by atoms with Gasteiger partial charge in [-0.2, -0.15) is 13.1 Å². The molecule has 0 spiro atoms. The number of rotatable bonds is 4. The first-order valence-corrected chi connectivity index (χ1v) is 10.1. The number of nitrogens with zero attached hydrogens (tertiary/aromatic N) is 1. The molecule has 29 heavy (non-hydrogen) atoms. The Hall–Kier alpha value is -2.92. The van der Waals surface area contributed by atoms with Crippen LogP contribution in [-0.4, -0.2) is 39.2 Å². The van der Waals surface area contributed by atoms with E-state index in [2.05, 4.69) is 10.0 Å². The van der Waals surface area contributed by atoms with Gasteiger partial charge in [0.1, 0.15) is 11.7 Å². The summed E-state index contributed by atoms with van der Waals surface area (Å²) >= 11 is 0. The first-order valence-electron chi connectivity index (χ1n) is 8.65. The van der Waals surface area contributed by atoms with Crippen LogP contribution in [0.25, 0.3) is 0 Å². The van der Waals surface area contributed by atoms with Gasteiger partial charge in [-0.05, 0) is 24.6 Å². The van der Waals surface area contributed by atoms with Crippen molar-refractivity contribution in [1.82, 2.24) is 9.62 Å². The Kier molecular flexibility index (Phi) is 4.58. The summed E-state index contributed by atoms with van der Waals surface area (Å²) in [5, 5.41) is 3.11. The van der Waals surface area contributed by atoms with Crippen molar-refractivity contribution in [3.8, 4) is 5.75 Å². The third kappa shape index (κ3) is 3.15. The quantitative estimate of drug-likeness (QED) is 0.780. The number of halogens is 2. The molecule has 0 saturated carbocycles. The van der Waals surface area contributed by atoms with E-state index in [0.717, 1.165) is 18.2 Å². The van der Waals surface area contributed by atoms with Crippen LogP contribution in [0.1, 0.15) is 12.0 Å². The summed E-state index contributed by atoms with van der Waals surface area (Å²) in [6, 6.07) is 9.77. The van der Waals surface area contributed by atoms with E-state index in [9.17, 15) is 22.0 Å². The van der Waals surface area contributed by atoms with E-state index >= 15 is 0 Å². The Balaban J connectivity index is 1.72. The minimum Gasteiger partial charge on any atom is -0.453 e. The SMILES string of the molecule is COC(=O)N1CC[C@@]2(NS(=O)(=O)Oc3c(F)cccc3F)c3ccccc3N[C@H]12. The third-order valence-corrected chi connectivity index (χ3v) is 6.05. The molecule has 0 bridgehead atoms. The van der Waals surface area contributed by atoms with Gasteiger partial charge >= 0.3 is 16.4 Å². The number of methoxy groups -OCH3 is 1. The molecular formula is C18H17F2N3O5S. The van der Waals surface area contributed by atoms with E-state index in [4.69, 9.17) is 8.92 Å². The zero-order valence-corrected chi connectivity index (χ0v) is 16.0. The van der Waals surface area contributed by atoms with Crippen LogP contribution in [0.15, 0.2) is 42.5 Å². The van der Waals surface area contributed by atoms with Gasteiger partial charge in [0, 0.05) is 17.8 Å². The van der Waals surface area contributed by atoms with Crippen molar-refractivity contribution in [2.45, 2.75) is 18.1 Å². The molecule has 1 fully saturated rings. The summed E-state index contributed by atoms with van der Waals surface area (Å²) in [4.78, 5) is 13.5. The molecule has 2 atom stereocenters. The van der Waals surface area contributed by atoms with Gasteiger partial charge in [0.05, 0.1) is 7.11 Å². The number of benzene rings is 2. The third-order valence-electron chi connectivity index (χ3n) is 5.05. The van der Waals surface area contributed by atoms with Gasteiger partial charge in [0.25, 0.3) is 0 Å². The summed E-state index contributed by atoms with van der Waals surface area (Å²) in [5.74, 6) is -3.34. The predicted molar refractivity (Wildman–Crippen MR) is 98.3 cm³/mol. The minimum atomic E-state index is -4.67. The highest BCUT2D eigenvalue weighted by molar-refractivity contribution is 7.85. The van der Waals surface area contributed by atoms with E-state index in [1.807, 2.05) is 0 Å². The van der Waals surface area contributed by atoms with Gasteiger partial charge < -0.3 is 14.2 Å². The first kappa shape index (κ1) is 19.4. The van der Waals surface area contributed by atoms with Crippen molar-refractivity contribution in [1.29, 1.82) is 0 Å². The molecule has 2 aromatic rings. The number of anilines is 1. The van der Waals surface area contributed by atoms with Crippen LogP contribution in [0.4, 0.5) is 19.3 Å². The summed E-state index contributed by atoms with van der Waals surface area (Å²) < 4.78 is 65.1. The van der Waals surface area contributed by atoms with Crippen LogP contribution in [0.2, 0.25) is 0 Å². The summed E-state index contributed by atoms with van der Waals surface area (Å²) in [5.41, 5.74) is -0.103. The van der Waals surface area contributed by atoms with Crippen LogP contribution in [0.3, 0.4) is 0 Å². The average molecular weight is 425 g/mol. The molecule has 4 rings (SSSR count). The topological polar surface area (TPSA) is 97.0 Å². The largest absolute Gasteiger partial charge is 0.453 e. The number of hydrogen-bond donors (Lipinski definition) is 2. The molecule has 2 aliphatic heterocycles. The highest BCUT2D eigenvalue weighted by atomic mass is 32.2. The van der Waals surface area contributed by atoms with E-state index in [0.29, 0.717) is 11.3 Å². The number of carbonyl (C=O) groups excluding carboxylic acids is 1. The molecule has 0 unspecified atom stereocenters. The maximum Gasteiger partial charge on any atom is 0.411 e. The molecule has 0 aromatic heterocycles. The van der Waals surface area contributed by atoms with Crippen molar-refractivity contribution in [3.63, 3.8) is 0 Å². The molecule has 2 N–H and O–H groups in total. The van der Waals surface area contributed by atoms with Gasteiger partial charge in [-0.1, -0.05) is 24.3 Å². The van der Waals surface area contributed by atoms with Crippen LogP contribution in [0, 0.1) is 11.6 Å². The molecule has 1 amide bonds. The van der Waals surface area contributed by atoms with Crippen molar-refractivity contribution in [2.24, 2.45) is 0 Å². The molecule has 8 nitrogen and oxygen atoms in total. The Bertz CT molecular complexity index is 1060. The van der Waals surface area contributed by atoms with Gasteiger partial charge in [0.2, 0.25) is 5.75 Å². The van der Waals surface area contributed by atoms with Crippen LogP contribution in [-0.2, 0) is 20.6 Å². The number of nitrogens with one attached hydrogen (secondary N) is 2. The van der Waals surface area contributed by atoms with Crippen molar-refractivity contribution in [3.05, 3.63) is 59.7 Å². The molecule has 11 heteroatoms. The fourth-order valence-electron chi connectivity index (χ4n) is 3.85. The number of fused-ring (bicyclic) bond motifs is 3. The smallest absolute Gasteiger partial charge is 0.411 e. The lowest BCUT2D eigenvalue weighted by Crippen LogP contribution is -2.55. The lowest BCUT2D eigenvalue weighted by atomic mass is 9.90. The number of ether oxygens (including phenoxy) is 1. The number of amides is 1. The Morgan fingerprint density at radius 1 is 1.21 bits per heavy atom. The molecule has 1 saturated heterocycles. The van der Waals surface area contributed by atoms with Crippen LogP contribution >= 0.6 is 0 Å². The summed E-state index contributed by atoms with van der Waals surface area (Å²) in [6.07, 6.45) is -1.26. The fourth-order valence-corrected chi connectivity index (χ4v) is 5.04. The zero-order chi connectivity index (χ0) is 20.8. The second kappa shape index (κ2) is 6.85. The standard InChI is InChI=1S/C18H17F2N3O5S/c1-27-17(24)23-10-9-18(11-5-2-3-8-14(11)21-16(18)23)22-29(25,26)28-15-12(19)6-4-7-13(15)20/h2-8,16,21-22H,9-10H2,1H3/t16-,18-/m1/s1. The van der Waals surface area contributed by atoms with Gasteiger partial charge in [-0.25, -0.2) is 13.6 Å². The zero-order valence-electron chi connectivity index (χ0n) is 15.2. The molecular weight excluding hydrogens is 408 g/mol. The maximum atomic E-state index is 13.9. The number of hydrogen-bond acceptors (Lipinski definition) is 6. The molecule has 0 aliphatic carbocycles. The first-order chi connectivity index (χ1) is 13.8. The highest BCUT2D eigenvalue weighted by Crippen LogP contribution is 2.47. The normalized spacial score (nSPS) is 22.6. The van der Waals surface area contributed by atoms with E-state index in [-0.39, 0.29) is 13.0 Å². The molecule has 154 valence electrons. The summed E-state index contributed by atoms with van der Waals surface area (Å²) in [7, 11) is -3.45. The Morgan fingerprint density at radius 3 is 2.59 bits per heavy atom. The second-order valence-electron chi connectivity index (χ2n) is 6.67. The predicted octanol–water partition coefficient (Wildman–Crippen LogP) is 2.30. The number of carbonyl (C=O) groups is 1. The minimum absolute atomic E-state index is 0.190. The average Bonchev–Trinajstić information content (AvgIpc) is 3.17. The lowest BCUT2D eigenvalue weighted by molar-refractivity contribution is 0.117. The molecule has 2 aliphatic rings. The lowest BCUT2D eigenvalue weighted by Gasteiger charge is -2.32. The van der Waals surface area contributed by atoms with Crippen molar-refractivity contribution in [2.75, 3.05) is 19.0 Å². The Labute approximate surface area is 165 Å². The number of para-hydroxylation sites is 2. The van der Waals surface area contributed by atoms with Gasteiger partial charge in [-0.3, -0.25) is 4.90 Å². The van der Waals surface area contributed by atoms with E-state index in [1.165, 1.54) is 12.0 Å². The highest BCUT2D eigenvalue weighted by Gasteiger charge is 2.57. The van der Waals surface area contributed by atoms with E-state index in [1.54, 1.807) is 24.3 Å². The maximum absolute atomic E-state index is 13.9. The summed E-state index contributed by atoms with van der Waals surface area (Å²) in [6.45, 7) is 0.190. The van der Waals surface area contributed by atoms with Crippen molar-refractivity contribution >= 4 is 22.1 Å². The molecule has 0 radical (unpaired) electrons. The van der Waals surface area contributed by atoms with Gasteiger partial charge in [-0.15, -0.1) is 0 Å². The Morgan fingerprint density at radius 2 is 1.90 bits per heavy atom. The molecule has 2 heterocycles. The van der Waals surface area contributed by atoms with E-state index < -0.39 is 45.5 Å². The monoisotopic (exact) mass is 425 g/mol. The number of likely N-dealkylation sites (tertiary alicyclic amines) is 1. The fraction of sp³-hybridized carbons (Fsp3) is 0.278. The molecule has 2 aromatic carbocycles. The van der Waals surface area contributed by atoms with Crippen LogP contribution < -0.4 is 14.2 Å². The van der Waals surface area contributed by atoms with Gasteiger partial charge in [0.15, 0.2) is 11.6 Å².